The van der Waals surface area contributed by atoms with Crippen LogP contribution in [-0.4, -0.2) is 29.4 Å². The van der Waals surface area contributed by atoms with E-state index < -0.39 is 6.17 Å². The molecular weight excluding hydrogens is 463 g/mol. The van der Waals surface area contributed by atoms with Crippen molar-refractivity contribution < 1.29 is 13.9 Å². The minimum atomic E-state index is -0.953. The molecule has 0 spiro atoms. The van der Waals surface area contributed by atoms with Gasteiger partial charge < -0.3 is 9.47 Å². The van der Waals surface area contributed by atoms with E-state index in [0.29, 0.717) is 23.9 Å². The maximum atomic E-state index is 13.9. The average molecular weight is 507 g/mol. The van der Waals surface area contributed by atoms with Crippen molar-refractivity contribution >= 4 is 0 Å². The van der Waals surface area contributed by atoms with E-state index in [1.807, 2.05) is 74.8 Å². The minimum Gasteiger partial charge on any atom is -0.494 e. The highest BCUT2D eigenvalue weighted by Gasteiger charge is 2.10. The lowest BCUT2D eigenvalue weighted by molar-refractivity contribution is 0.174. The molecule has 5 heteroatoms. The number of hydrogen-bond donors (Lipinski definition) is 0. The van der Waals surface area contributed by atoms with Crippen LogP contribution in [0.1, 0.15) is 78.6 Å². The predicted octanol–water partition coefficient (Wildman–Crippen LogP) is 9.09. The normalized spacial score (nSPS) is 12.0. The van der Waals surface area contributed by atoms with Gasteiger partial charge in [0.05, 0.1) is 6.61 Å². The third kappa shape index (κ3) is 10.5. The summed E-state index contributed by atoms with van der Waals surface area (Å²) in [5.41, 5.74) is 2.90. The first-order valence-corrected chi connectivity index (χ1v) is 14.0. The van der Waals surface area contributed by atoms with Crippen LogP contribution in [0.4, 0.5) is 4.39 Å². The molecule has 0 aliphatic heterocycles. The van der Waals surface area contributed by atoms with E-state index >= 15 is 0 Å². The zero-order valence-electron chi connectivity index (χ0n) is 22.8. The van der Waals surface area contributed by atoms with Crippen molar-refractivity contribution in [1.82, 2.24) is 9.97 Å². The highest BCUT2D eigenvalue weighted by atomic mass is 19.1. The Morgan fingerprint density at radius 3 is 1.81 bits per heavy atom. The van der Waals surface area contributed by atoms with Crippen molar-refractivity contribution in [3.63, 3.8) is 0 Å². The van der Waals surface area contributed by atoms with Crippen molar-refractivity contribution in [3.8, 4) is 34.0 Å². The van der Waals surface area contributed by atoms with Gasteiger partial charge >= 0.3 is 0 Å². The Balaban J connectivity index is 1.42. The number of benzene rings is 2. The monoisotopic (exact) mass is 506 g/mol. The molecule has 1 unspecified atom stereocenters. The molecule has 1 atom stereocenters. The van der Waals surface area contributed by atoms with Gasteiger partial charge in [0.25, 0.3) is 0 Å². The summed E-state index contributed by atoms with van der Waals surface area (Å²) in [5, 5.41) is 0. The van der Waals surface area contributed by atoms with Crippen LogP contribution < -0.4 is 9.47 Å². The highest BCUT2D eigenvalue weighted by Crippen LogP contribution is 2.24. The lowest BCUT2D eigenvalue weighted by Crippen LogP contribution is -2.15. The van der Waals surface area contributed by atoms with E-state index in [9.17, 15) is 4.39 Å². The van der Waals surface area contributed by atoms with E-state index in [0.717, 1.165) is 35.5 Å². The van der Waals surface area contributed by atoms with E-state index in [-0.39, 0.29) is 6.61 Å². The van der Waals surface area contributed by atoms with Crippen LogP contribution in [0.25, 0.3) is 22.5 Å². The summed E-state index contributed by atoms with van der Waals surface area (Å²) in [4.78, 5) is 9.09. The quantitative estimate of drug-likeness (QED) is 0.171. The molecule has 200 valence electrons. The van der Waals surface area contributed by atoms with Gasteiger partial charge in [0, 0.05) is 23.5 Å². The lowest BCUT2D eigenvalue weighted by Gasteiger charge is -2.12. The number of unbranched alkanes of at least 4 members (excludes halogenated alkanes) is 7. The molecule has 1 heterocycles. The van der Waals surface area contributed by atoms with Crippen LogP contribution in [0, 0.1) is 5.92 Å². The van der Waals surface area contributed by atoms with Gasteiger partial charge in [-0.05, 0) is 60.7 Å². The summed E-state index contributed by atoms with van der Waals surface area (Å²) >= 11 is 0. The third-order valence-electron chi connectivity index (χ3n) is 6.38. The Hall–Kier alpha value is -2.95. The van der Waals surface area contributed by atoms with Gasteiger partial charge in [-0.15, -0.1) is 0 Å². The summed E-state index contributed by atoms with van der Waals surface area (Å²) < 4.78 is 25.4. The predicted molar refractivity (Wildman–Crippen MR) is 151 cm³/mol. The van der Waals surface area contributed by atoms with Gasteiger partial charge in [0.2, 0.25) is 0 Å². The minimum absolute atomic E-state index is 0.0751. The van der Waals surface area contributed by atoms with Crippen molar-refractivity contribution in [1.29, 1.82) is 0 Å². The maximum absolute atomic E-state index is 13.9. The Kier molecular flexibility index (Phi) is 12.4. The van der Waals surface area contributed by atoms with Gasteiger partial charge in [-0.3, -0.25) is 0 Å². The van der Waals surface area contributed by atoms with E-state index in [4.69, 9.17) is 9.47 Å². The van der Waals surface area contributed by atoms with Crippen LogP contribution in [0.2, 0.25) is 0 Å². The first-order valence-electron chi connectivity index (χ1n) is 14.0. The molecular formula is C32H43FN2O2. The van der Waals surface area contributed by atoms with E-state index in [2.05, 4.69) is 16.9 Å². The van der Waals surface area contributed by atoms with Crippen LogP contribution in [0.5, 0.6) is 11.5 Å². The number of halogens is 1. The molecule has 0 saturated carbocycles. The van der Waals surface area contributed by atoms with E-state index in [1.54, 1.807) is 0 Å². The first-order chi connectivity index (χ1) is 18.0. The second-order valence-corrected chi connectivity index (χ2v) is 10.2. The fourth-order valence-corrected chi connectivity index (χ4v) is 4.26. The molecule has 37 heavy (non-hydrogen) atoms. The average Bonchev–Trinajstić information content (AvgIpc) is 2.91. The Morgan fingerprint density at radius 1 is 0.676 bits per heavy atom. The van der Waals surface area contributed by atoms with Crippen LogP contribution in [0.15, 0.2) is 60.9 Å². The Bertz CT molecular complexity index is 1000. The molecule has 0 radical (unpaired) electrons. The largest absolute Gasteiger partial charge is 0.494 e. The van der Waals surface area contributed by atoms with Crippen molar-refractivity contribution in [2.75, 3.05) is 13.2 Å². The molecule has 0 saturated heterocycles. The van der Waals surface area contributed by atoms with Gasteiger partial charge in [-0.1, -0.05) is 77.8 Å². The maximum Gasteiger partial charge on any atom is 0.159 e. The number of rotatable bonds is 17. The second kappa shape index (κ2) is 16.0. The zero-order chi connectivity index (χ0) is 26.3. The van der Waals surface area contributed by atoms with Crippen molar-refractivity contribution in [3.05, 3.63) is 60.9 Å². The summed E-state index contributed by atoms with van der Waals surface area (Å²) in [7, 11) is 0. The van der Waals surface area contributed by atoms with Gasteiger partial charge in [0.1, 0.15) is 24.3 Å². The van der Waals surface area contributed by atoms with Crippen LogP contribution >= 0.6 is 0 Å². The fourth-order valence-electron chi connectivity index (χ4n) is 4.26. The fraction of sp³-hybridized carbons (Fsp3) is 0.500. The Labute approximate surface area is 222 Å². The summed E-state index contributed by atoms with van der Waals surface area (Å²) in [6.45, 7) is 7.12. The smallest absolute Gasteiger partial charge is 0.159 e. The van der Waals surface area contributed by atoms with Gasteiger partial charge in [-0.25, -0.2) is 14.4 Å². The molecule has 0 aliphatic carbocycles. The molecule has 2 aromatic carbocycles. The van der Waals surface area contributed by atoms with Gasteiger partial charge in [-0.2, -0.15) is 0 Å². The molecule has 0 fully saturated rings. The van der Waals surface area contributed by atoms with Crippen molar-refractivity contribution in [2.24, 2.45) is 5.92 Å². The number of ether oxygens (including phenoxy) is 2. The van der Waals surface area contributed by atoms with Gasteiger partial charge in [0.15, 0.2) is 5.82 Å². The summed E-state index contributed by atoms with van der Waals surface area (Å²) in [6, 6.07) is 15.6. The summed E-state index contributed by atoms with van der Waals surface area (Å²) in [5.74, 6) is 2.51. The number of hydrogen-bond acceptors (Lipinski definition) is 4. The number of nitrogens with zero attached hydrogens (tertiary/aromatic N) is 2. The SMILES string of the molecule is CCCCCCCCCCOc1ccc(-c2cnc(-c3ccc(OCC(F)CC(C)C)cc3)nc2)cc1. The Morgan fingerprint density at radius 2 is 1.22 bits per heavy atom. The van der Waals surface area contributed by atoms with Crippen molar-refractivity contribution in [2.45, 2.75) is 84.7 Å². The number of alkyl halides is 1. The van der Waals surface area contributed by atoms with E-state index in [1.165, 1.54) is 44.9 Å². The molecule has 4 nitrogen and oxygen atoms in total. The first kappa shape index (κ1) is 28.6. The van der Waals surface area contributed by atoms with Crippen LogP contribution in [-0.2, 0) is 0 Å². The standard InChI is InChI=1S/C32H43FN2O2/c1-4-5-6-7-8-9-10-11-20-36-30-16-12-26(13-17-30)28-22-34-32(35-23-28)27-14-18-31(19-15-27)37-24-29(33)21-25(2)3/h12-19,22-23,25,29H,4-11,20-21,24H2,1-3H3. The highest BCUT2D eigenvalue weighted by molar-refractivity contribution is 5.64. The third-order valence-corrected chi connectivity index (χ3v) is 6.38. The van der Waals surface area contributed by atoms with Crippen LogP contribution in [0.3, 0.4) is 0 Å². The molecule has 0 amide bonds. The second-order valence-electron chi connectivity index (χ2n) is 10.2. The molecule has 3 aromatic rings. The summed E-state index contributed by atoms with van der Waals surface area (Å²) in [6.07, 6.45) is 13.6. The number of aromatic nitrogens is 2. The lowest BCUT2D eigenvalue weighted by atomic mass is 10.1. The molecule has 0 bridgehead atoms. The molecule has 0 N–H and O–H groups in total. The zero-order valence-corrected chi connectivity index (χ0v) is 22.8. The molecule has 1 aromatic heterocycles. The molecule has 0 aliphatic rings. The molecule has 3 rings (SSSR count). The topological polar surface area (TPSA) is 44.2 Å².